The molecule has 3 heteroatoms. The number of para-hydroxylation sites is 2. The van der Waals surface area contributed by atoms with Crippen LogP contribution in [0.4, 0.5) is 5.69 Å². The van der Waals surface area contributed by atoms with E-state index in [4.69, 9.17) is 9.68 Å². The summed E-state index contributed by atoms with van der Waals surface area (Å²) >= 11 is 0. The highest BCUT2D eigenvalue weighted by atomic mass is 16.9. The molecular formula is C21H21NO2. The quantitative estimate of drug-likeness (QED) is 0.572. The zero-order valence-electron chi connectivity index (χ0n) is 14.0. The molecule has 0 amide bonds. The Bertz CT molecular complexity index is 731. The number of hydrogen-bond acceptors (Lipinski definition) is 3. The first-order valence-corrected chi connectivity index (χ1v) is 8.12. The normalized spacial score (nSPS) is 10.2. The maximum atomic E-state index is 6.01. The van der Waals surface area contributed by atoms with Crippen LogP contribution in [0.1, 0.15) is 18.1 Å². The fraction of sp³-hybridized carbons (Fsp3) is 0.143. The van der Waals surface area contributed by atoms with E-state index in [0.29, 0.717) is 0 Å². The van der Waals surface area contributed by atoms with Gasteiger partial charge in [-0.3, -0.25) is 0 Å². The summed E-state index contributed by atoms with van der Waals surface area (Å²) in [5, 5.41) is 1.50. The number of aryl methyl sites for hydroxylation is 1. The van der Waals surface area contributed by atoms with Gasteiger partial charge in [0.25, 0.3) is 0 Å². The Kier molecular flexibility index (Phi) is 5.02. The molecule has 0 unspecified atom stereocenters. The average Bonchev–Trinajstić information content (AvgIpc) is 2.63. The van der Waals surface area contributed by atoms with Crippen LogP contribution in [-0.4, -0.2) is 0 Å². The van der Waals surface area contributed by atoms with Crippen molar-refractivity contribution in [2.75, 3.05) is 5.23 Å². The fourth-order valence-corrected chi connectivity index (χ4v) is 2.59. The standard InChI is InChI=1S/C21H21NO2/c1-3-20-17(2)11-10-16-21(20)22(23-18-12-6-4-7-13-18)24-19-14-8-5-9-15-19/h4-16H,3H2,1-2H3. The molecule has 0 saturated carbocycles. The number of rotatable bonds is 6. The third kappa shape index (κ3) is 3.69. The summed E-state index contributed by atoms with van der Waals surface area (Å²) in [6, 6.07) is 25.4. The van der Waals surface area contributed by atoms with Crippen molar-refractivity contribution in [2.24, 2.45) is 0 Å². The molecule has 0 radical (unpaired) electrons. The van der Waals surface area contributed by atoms with Gasteiger partial charge in [0, 0.05) is 0 Å². The molecule has 0 aliphatic carbocycles. The summed E-state index contributed by atoms with van der Waals surface area (Å²) in [7, 11) is 0. The van der Waals surface area contributed by atoms with E-state index >= 15 is 0 Å². The van der Waals surface area contributed by atoms with Crippen LogP contribution in [0.2, 0.25) is 0 Å². The van der Waals surface area contributed by atoms with Crippen molar-refractivity contribution in [3.8, 4) is 11.5 Å². The molecule has 0 aromatic heterocycles. The third-order valence-corrected chi connectivity index (χ3v) is 3.80. The van der Waals surface area contributed by atoms with Gasteiger partial charge in [0.1, 0.15) is 5.69 Å². The molecule has 0 N–H and O–H groups in total. The minimum Gasteiger partial charge on any atom is -0.345 e. The highest BCUT2D eigenvalue weighted by Gasteiger charge is 2.16. The Hall–Kier alpha value is -2.94. The number of hydrogen-bond donors (Lipinski definition) is 0. The summed E-state index contributed by atoms with van der Waals surface area (Å²) in [5.74, 6) is 1.44. The van der Waals surface area contributed by atoms with Gasteiger partial charge in [-0.2, -0.15) is 0 Å². The Morgan fingerprint density at radius 3 is 1.75 bits per heavy atom. The minimum absolute atomic E-state index is 0.719. The van der Waals surface area contributed by atoms with Crippen molar-refractivity contribution in [3.05, 3.63) is 90.0 Å². The molecule has 3 nitrogen and oxygen atoms in total. The lowest BCUT2D eigenvalue weighted by Gasteiger charge is -2.25. The molecule has 0 bridgehead atoms. The van der Waals surface area contributed by atoms with E-state index in [9.17, 15) is 0 Å². The van der Waals surface area contributed by atoms with Crippen LogP contribution in [0.15, 0.2) is 78.9 Å². The van der Waals surface area contributed by atoms with Gasteiger partial charge in [-0.1, -0.05) is 55.5 Å². The first-order chi connectivity index (χ1) is 11.8. The SMILES string of the molecule is CCc1c(C)cccc1N(Oc1ccccc1)Oc1ccccc1. The molecular weight excluding hydrogens is 298 g/mol. The summed E-state index contributed by atoms with van der Waals surface area (Å²) < 4.78 is 0. The first-order valence-electron chi connectivity index (χ1n) is 8.12. The van der Waals surface area contributed by atoms with Crippen molar-refractivity contribution >= 4 is 5.69 Å². The molecule has 0 atom stereocenters. The predicted molar refractivity (Wildman–Crippen MR) is 97.2 cm³/mol. The molecule has 0 heterocycles. The summed E-state index contributed by atoms with van der Waals surface area (Å²) in [4.78, 5) is 12.0. The lowest BCUT2D eigenvalue weighted by molar-refractivity contribution is 0.0724. The largest absolute Gasteiger partial charge is 0.345 e. The zero-order valence-corrected chi connectivity index (χ0v) is 14.0. The molecule has 24 heavy (non-hydrogen) atoms. The minimum atomic E-state index is 0.719. The average molecular weight is 319 g/mol. The summed E-state index contributed by atoms with van der Waals surface area (Å²) in [5.41, 5.74) is 3.32. The highest BCUT2D eigenvalue weighted by Crippen LogP contribution is 2.27. The zero-order chi connectivity index (χ0) is 16.8. The maximum absolute atomic E-state index is 6.01. The van der Waals surface area contributed by atoms with Gasteiger partial charge in [-0.25, -0.2) is 0 Å². The van der Waals surface area contributed by atoms with Crippen LogP contribution in [0.3, 0.4) is 0 Å². The second kappa shape index (κ2) is 7.55. The lowest BCUT2D eigenvalue weighted by atomic mass is 10.0. The molecule has 0 spiro atoms. The Balaban J connectivity index is 1.97. The van der Waals surface area contributed by atoms with E-state index in [1.807, 2.05) is 72.8 Å². The Morgan fingerprint density at radius 2 is 1.25 bits per heavy atom. The van der Waals surface area contributed by atoms with Gasteiger partial charge in [0.2, 0.25) is 0 Å². The monoisotopic (exact) mass is 319 g/mol. The van der Waals surface area contributed by atoms with E-state index in [0.717, 1.165) is 23.6 Å². The van der Waals surface area contributed by atoms with E-state index in [-0.39, 0.29) is 0 Å². The van der Waals surface area contributed by atoms with Crippen molar-refractivity contribution < 1.29 is 9.68 Å². The number of nitrogens with zero attached hydrogens (tertiary/aromatic N) is 1. The Morgan fingerprint density at radius 1 is 0.708 bits per heavy atom. The van der Waals surface area contributed by atoms with Gasteiger partial charge < -0.3 is 9.68 Å². The van der Waals surface area contributed by atoms with Crippen molar-refractivity contribution in [1.82, 2.24) is 0 Å². The van der Waals surface area contributed by atoms with E-state index < -0.39 is 0 Å². The van der Waals surface area contributed by atoms with Crippen molar-refractivity contribution in [1.29, 1.82) is 0 Å². The van der Waals surface area contributed by atoms with Crippen LogP contribution < -0.4 is 14.9 Å². The first kappa shape index (κ1) is 15.9. The molecule has 0 saturated heterocycles. The second-order valence-electron chi connectivity index (χ2n) is 5.49. The second-order valence-corrected chi connectivity index (χ2v) is 5.49. The summed E-state index contributed by atoms with van der Waals surface area (Å²) in [6.45, 7) is 4.24. The van der Waals surface area contributed by atoms with Crippen LogP contribution in [0, 0.1) is 6.92 Å². The van der Waals surface area contributed by atoms with Crippen LogP contribution >= 0.6 is 0 Å². The predicted octanol–water partition coefficient (Wildman–Crippen LogP) is 5.35. The van der Waals surface area contributed by atoms with Crippen LogP contribution in [0.25, 0.3) is 0 Å². The van der Waals surface area contributed by atoms with Gasteiger partial charge in [0.05, 0.1) is 0 Å². The van der Waals surface area contributed by atoms with Crippen molar-refractivity contribution in [2.45, 2.75) is 20.3 Å². The van der Waals surface area contributed by atoms with Crippen LogP contribution in [-0.2, 0) is 6.42 Å². The molecule has 0 aliphatic rings. The number of benzene rings is 3. The molecule has 3 aromatic rings. The molecule has 3 rings (SSSR count). The topological polar surface area (TPSA) is 21.7 Å². The smallest absolute Gasteiger partial charge is 0.159 e. The molecule has 0 aliphatic heterocycles. The molecule has 3 aromatic carbocycles. The molecule has 0 fully saturated rings. The third-order valence-electron chi connectivity index (χ3n) is 3.80. The van der Waals surface area contributed by atoms with Gasteiger partial charge >= 0.3 is 0 Å². The van der Waals surface area contributed by atoms with E-state index in [1.54, 1.807) is 0 Å². The van der Waals surface area contributed by atoms with E-state index in [2.05, 4.69) is 19.9 Å². The maximum Gasteiger partial charge on any atom is 0.159 e. The van der Waals surface area contributed by atoms with Crippen LogP contribution in [0.5, 0.6) is 11.5 Å². The van der Waals surface area contributed by atoms with Gasteiger partial charge in [-0.15, -0.1) is 0 Å². The van der Waals surface area contributed by atoms with E-state index in [1.165, 1.54) is 16.4 Å². The van der Waals surface area contributed by atoms with Gasteiger partial charge in [-0.05, 0) is 60.0 Å². The van der Waals surface area contributed by atoms with Crippen molar-refractivity contribution in [3.63, 3.8) is 0 Å². The molecule has 122 valence electrons. The lowest BCUT2D eigenvalue weighted by Crippen LogP contribution is -2.32. The summed E-state index contributed by atoms with van der Waals surface area (Å²) in [6.07, 6.45) is 0.898. The fourth-order valence-electron chi connectivity index (χ4n) is 2.59. The van der Waals surface area contributed by atoms with Gasteiger partial charge in [0.15, 0.2) is 11.5 Å². The highest BCUT2D eigenvalue weighted by molar-refractivity contribution is 5.54. The number of anilines is 1. The Labute approximate surface area is 143 Å².